The number of aryl methyl sites for hydroxylation is 2. The molecule has 1 atom stereocenters. The van der Waals surface area contributed by atoms with Crippen molar-refractivity contribution >= 4 is 27.5 Å². The number of nitrogens with zero attached hydrogens (tertiary/aromatic N) is 3. The van der Waals surface area contributed by atoms with Gasteiger partial charge in [-0.2, -0.15) is 5.26 Å². The van der Waals surface area contributed by atoms with Crippen LogP contribution >= 0.6 is 11.3 Å². The molecule has 1 aliphatic carbocycles. The van der Waals surface area contributed by atoms with E-state index in [1.807, 2.05) is 20.8 Å². The number of hydrogen-bond donors (Lipinski definition) is 1. The van der Waals surface area contributed by atoms with Crippen LogP contribution in [0.15, 0.2) is 0 Å². The maximum Gasteiger partial charge on any atom is 0.261 e. The Kier molecular flexibility index (Phi) is 3.83. The van der Waals surface area contributed by atoms with Crippen LogP contribution < -0.4 is 5.32 Å². The van der Waals surface area contributed by atoms with E-state index in [9.17, 15) is 4.79 Å². The fourth-order valence-corrected chi connectivity index (χ4v) is 3.72. The van der Waals surface area contributed by atoms with Crippen molar-refractivity contribution in [2.45, 2.75) is 52.0 Å². The normalized spacial score (nSPS) is 15.5. The number of amides is 1. The van der Waals surface area contributed by atoms with Gasteiger partial charge in [0.25, 0.3) is 5.91 Å². The number of rotatable bonds is 4. The van der Waals surface area contributed by atoms with Crippen LogP contribution in [-0.2, 0) is 0 Å². The van der Waals surface area contributed by atoms with Gasteiger partial charge in [0, 0.05) is 17.3 Å². The Hall–Kier alpha value is -2.00. The molecule has 0 aliphatic heterocycles. The third-order valence-electron chi connectivity index (χ3n) is 3.91. The molecule has 2 heterocycles. The molecule has 2 aromatic rings. The summed E-state index contributed by atoms with van der Waals surface area (Å²) in [4.78, 5) is 23.2. The van der Waals surface area contributed by atoms with Crippen LogP contribution in [0.1, 0.15) is 58.9 Å². The van der Waals surface area contributed by atoms with Crippen molar-refractivity contribution in [3.05, 3.63) is 22.0 Å². The van der Waals surface area contributed by atoms with Crippen LogP contribution in [0.3, 0.4) is 0 Å². The van der Waals surface area contributed by atoms with Gasteiger partial charge in [-0.15, -0.1) is 11.3 Å². The van der Waals surface area contributed by atoms with Crippen molar-refractivity contribution < 1.29 is 4.79 Å². The second-order valence-electron chi connectivity index (χ2n) is 5.91. The lowest BCUT2D eigenvalue weighted by Crippen LogP contribution is -2.32. The predicted octanol–water partition coefficient (Wildman–Crippen LogP) is 3.22. The van der Waals surface area contributed by atoms with E-state index < -0.39 is 0 Å². The van der Waals surface area contributed by atoms with Crippen LogP contribution in [0.4, 0.5) is 0 Å². The molecule has 3 rings (SSSR count). The van der Waals surface area contributed by atoms with Gasteiger partial charge in [0.05, 0.1) is 23.1 Å². The van der Waals surface area contributed by atoms with Gasteiger partial charge >= 0.3 is 0 Å². The van der Waals surface area contributed by atoms with Gasteiger partial charge in [0.15, 0.2) is 0 Å². The molecule has 0 bridgehead atoms. The number of hydrogen-bond acceptors (Lipinski definition) is 5. The summed E-state index contributed by atoms with van der Waals surface area (Å²) in [6, 6.07) is 1.91. The minimum atomic E-state index is -0.156. The predicted molar refractivity (Wildman–Crippen MR) is 86.0 cm³/mol. The third kappa shape index (κ3) is 2.69. The van der Waals surface area contributed by atoms with Crippen LogP contribution in [0.5, 0.6) is 0 Å². The average molecular weight is 314 g/mol. The minimum absolute atomic E-state index is 0.129. The Bertz CT molecular complexity index is 786. The highest BCUT2D eigenvalue weighted by Crippen LogP contribution is 2.40. The highest BCUT2D eigenvalue weighted by molar-refractivity contribution is 7.20. The van der Waals surface area contributed by atoms with Crippen molar-refractivity contribution in [2.75, 3.05) is 0 Å². The molecule has 0 spiro atoms. The number of fused-ring (bicyclic) bond motifs is 1. The molecule has 2 aromatic heterocycles. The van der Waals surface area contributed by atoms with Gasteiger partial charge in [0.1, 0.15) is 10.7 Å². The number of thiophene rings is 1. The number of carbonyl (C=O) groups excluding carboxylic acids is 1. The molecule has 1 aliphatic rings. The lowest BCUT2D eigenvalue weighted by atomic mass is 10.1. The van der Waals surface area contributed by atoms with E-state index in [0.717, 1.165) is 40.1 Å². The van der Waals surface area contributed by atoms with E-state index in [0.29, 0.717) is 17.2 Å². The Morgan fingerprint density at radius 3 is 2.82 bits per heavy atom. The molecule has 5 nitrogen and oxygen atoms in total. The summed E-state index contributed by atoms with van der Waals surface area (Å²) in [5, 5.41) is 12.6. The van der Waals surface area contributed by atoms with Crippen LogP contribution in [0.25, 0.3) is 10.2 Å². The first-order valence-electron chi connectivity index (χ1n) is 7.46. The van der Waals surface area contributed by atoms with Crippen LogP contribution in [0.2, 0.25) is 0 Å². The quantitative estimate of drug-likeness (QED) is 0.939. The molecule has 1 N–H and O–H groups in total. The monoisotopic (exact) mass is 314 g/mol. The summed E-state index contributed by atoms with van der Waals surface area (Å²) >= 11 is 1.42. The Labute approximate surface area is 133 Å². The lowest BCUT2D eigenvalue weighted by Gasteiger charge is -2.09. The summed E-state index contributed by atoms with van der Waals surface area (Å²) in [6.07, 6.45) is 2.63. The van der Waals surface area contributed by atoms with E-state index >= 15 is 0 Å². The largest absolute Gasteiger partial charge is 0.348 e. The highest BCUT2D eigenvalue weighted by atomic mass is 32.1. The standard InChI is InChI=1S/C16H18N4OS/c1-8(6-7-17)18-15(21)13-9(2)12-10(3)19-14(11-4-5-11)20-16(12)22-13/h8,11H,4-6H2,1-3H3,(H,18,21). The molecule has 114 valence electrons. The summed E-state index contributed by atoms with van der Waals surface area (Å²) in [6.45, 7) is 5.76. The smallest absolute Gasteiger partial charge is 0.261 e. The van der Waals surface area contributed by atoms with E-state index in [1.165, 1.54) is 11.3 Å². The van der Waals surface area contributed by atoms with E-state index in [-0.39, 0.29) is 11.9 Å². The number of aromatic nitrogens is 2. The minimum Gasteiger partial charge on any atom is -0.348 e. The molecule has 0 saturated heterocycles. The van der Waals surface area contributed by atoms with Gasteiger partial charge < -0.3 is 5.32 Å². The van der Waals surface area contributed by atoms with Crippen molar-refractivity contribution in [3.63, 3.8) is 0 Å². The number of carbonyl (C=O) groups is 1. The molecular formula is C16H18N4OS. The van der Waals surface area contributed by atoms with Crippen molar-refractivity contribution in [2.24, 2.45) is 0 Å². The molecule has 0 aromatic carbocycles. The SMILES string of the molecule is Cc1nc(C2CC2)nc2sc(C(=O)NC(C)CC#N)c(C)c12. The van der Waals surface area contributed by atoms with Crippen molar-refractivity contribution in [1.82, 2.24) is 15.3 Å². The first-order valence-corrected chi connectivity index (χ1v) is 8.28. The van der Waals surface area contributed by atoms with E-state index in [4.69, 9.17) is 5.26 Å². The molecular weight excluding hydrogens is 296 g/mol. The number of nitrogens with one attached hydrogen (secondary N) is 1. The van der Waals surface area contributed by atoms with E-state index in [2.05, 4.69) is 21.4 Å². The van der Waals surface area contributed by atoms with Crippen LogP contribution in [-0.4, -0.2) is 21.9 Å². The summed E-state index contributed by atoms with van der Waals surface area (Å²) in [7, 11) is 0. The lowest BCUT2D eigenvalue weighted by molar-refractivity contribution is 0.0944. The summed E-state index contributed by atoms with van der Waals surface area (Å²) in [5.74, 6) is 1.28. The highest BCUT2D eigenvalue weighted by Gasteiger charge is 2.28. The summed E-state index contributed by atoms with van der Waals surface area (Å²) in [5.41, 5.74) is 1.88. The Balaban J connectivity index is 1.97. The molecule has 1 saturated carbocycles. The van der Waals surface area contributed by atoms with Crippen molar-refractivity contribution in [1.29, 1.82) is 5.26 Å². The zero-order chi connectivity index (χ0) is 15.9. The maximum absolute atomic E-state index is 12.4. The van der Waals surface area contributed by atoms with Crippen molar-refractivity contribution in [3.8, 4) is 6.07 Å². The topological polar surface area (TPSA) is 78.7 Å². The van der Waals surface area contributed by atoms with E-state index in [1.54, 1.807) is 0 Å². The zero-order valence-corrected chi connectivity index (χ0v) is 13.8. The van der Waals surface area contributed by atoms with Gasteiger partial charge in [-0.1, -0.05) is 0 Å². The number of nitriles is 1. The Morgan fingerprint density at radius 2 is 2.18 bits per heavy atom. The van der Waals surface area contributed by atoms with Gasteiger partial charge in [-0.3, -0.25) is 4.79 Å². The summed E-state index contributed by atoms with van der Waals surface area (Å²) < 4.78 is 0. The second-order valence-corrected chi connectivity index (χ2v) is 6.91. The van der Waals surface area contributed by atoms with Crippen LogP contribution in [0, 0.1) is 25.2 Å². The molecule has 0 radical (unpaired) electrons. The fraction of sp³-hybridized carbons (Fsp3) is 0.500. The van der Waals surface area contributed by atoms with Gasteiger partial charge in [-0.25, -0.2) is 9.97 Å². The molecule has 22 heavy (non-hydrogen) atoms. The maximum atomic E-state index is 12.4. The van der Waals surface area contributed by atoms with Gasteiger partial charge in [-0.05, 0) is 39.2 Å². The third-order valence-corrected chi connectivity index (χ3v) is 5.10. The first kappa shape index (κ1) is 14.9. The first-order chi connectivity index (χ1) is 10.5. The average Bonchev–Trinajstić information content (AvgIpc) is 3.23. The molecule has 6 heteroatoms. The molecule has 1 unspecified atom stereocenters. The second kappa shape index (κ2) is 5.65. The molecule has 1 fully saturated rings. The fourth-order valence-electron chi connectivity index (χ4n) is 2.58. The molecule has 1 amide bonds. The van der Waals surface area contributed by atoms with Gasteiger partial charge in [0.2, 0.25) is 0 Å². The zero-order valence-electron chi connectivity index (χ0n) is 12.9. The Morgan fingerprint density at radius 1 is 1.45 bits per heavy atom.